The quantitative estimate of drug-likeness (QED) is 0.906. The van der Waals surface area contributed by atoms with E-state index in [0.29, 0.717) is 17.8 Å². The molecule has 1 saturated carbocycles. The topological polar surface area (TPSA) is 65.1 Å². The minimum absolute atomic E-state index is 0.00916. The van der Waals surface area contributed by atoms with E-state index >= 15 is 0 Å². The summed E-state index contributed by atoms with van der Waals surface area (Å²) in [5.41, 5.74) is 0. The molecule has 0 radical (unpaired) electrons. The molecular weight excluding hydrogens is 266 g/mol. The number of fused-ring (bicyclic) bond motifs is 4. The molecule has 114 valence electrons. The number of aromatic nitrogens is 3. The van der Waals surface area contributed by atoms with E-state index in [1.165, 1.54) is 51.5 Å². The molecule has 1 amide bonds. The van der Waals surface area contributed by atoms with Crippen LogP contribution in [-0.2, 0) is 0 Å². The van der Waals surface area contributed by atoms with Gasteiger partial charge >= 0.3 is 0 Å². The third kappa shape index (κ3) is 2.57. The van der Waals surface area contributed by atoms with Crippen molar-refractivity contribution in [1.82, 2.24) is 25.0 Å². The summed E-state index contributed by atoms with van der Waals surface area (Å²) in [6.45, 7) is 4.13. The van der Waals surface area contributed by atoms with Crippen LogP contribution in [0.15, 0.2) is 6.33 Å². The SMILES string of the molecule is O=C(c1ncn[nH]1)N1C[C@@H]2CC[C@H](C1)N(CC1CCC1)C2. The predicted octanol–water partition coefficient (Wildman–Crippen LogP) is 1.14. The Morgan fingerprint density at radius 3 is 2.86 bits per heavy atom. The van der Waals surface area contributed by atoms with Crippen molar-refractivity contribution >= 4 is 5.91 Å². The first-order valence-electron chi connectivity index (χ1n) is 8.18. The van der Waals surface area contributed by atoms with E-state index in [2.05, 4.69) is 20.1 Å². The fourth-order valence-electron chi connectivity index (χ4n) is 4.03. The summed E-state index contributed by atoms with van der Waals surface area (Å²) in [7, 11) is 0. The molecule has 2 atom stereocenters. The van der Waals surface area contributed by atoms with Crippen molar-refractivity contribution in [3.05, 3.63) is 12.2 Å². The number of piperidine rings is 1. The molecule has 3 aliphatic heterocycles. The van der Waals surface area contributed by atoms with E-state index in [0.717, 1.165) is 19.0 Å². The van der Waals surface area contributed by atoms with E-state index in [-0.39, 0.29) is 5.91 Å². The molecule has 6 nitrogen and oxygen atoms in total. The standard InChI is InChI=1S/C15H23N5O/c21-15(14-16-10-17-18-14)20-8-12-4-5-13(9-20)19(7-12)6-11-2-1-3-11/h10-13H,1-9H2,(H,16,17,18)/t12-,13-/m1/s1. The molecule has 4 heterocycles. The Bertz CT molecular complexity index is 498. The number of hydrogen-bond donors (Lipinski definition) is 1. The molecular formula is C15H23N5O. The highest BCUT2D eigenvalue weighted by molar-refractivity contribution is 5.90. The predicted molar refractivity (Wildman–Crippen MR) is 77.7 cm³/mol. The van der Waals surface area contributed by atoms with Crippen LogP contribution in [0.4, 0.5) is 0 Å². The Hall–Kier alpha value is -1.43. The molecule has 3 saturated heterocycles. The lowest BCUT2D eigenvalue weighted by atomic mass is 9.83. The third-order valence-corrected chi connectivity index (χ3v) is 5.45. The summed E-state index contributed by atoms with van der Waals surface area (Å²) < 4.78 is 0. The van der Waals surface area contributed by atoms with Gasteiger partial charge in [0.1, 0.15) is 6.33 Å². The number of carbonyl (C=O) groups excluding carboxylic acids is 1. The number of aromatic amines is 1. The van der Waals surface area contributed by atoms with Crippen LogP contribution in [0, 0.1) is 11.8 Å². The van der Waals surface area contributed by atoms with Crippen LogP contribution in [0.5, 0.6) is 0 Å². The molecule has 0 aromatic carbocycles. The van der Waals surface area contributed by atoms with Crippen molar-refractivity contribution in [3.63, 3.8) is 0 Å². The second kappa shape index (κ2) is 5.40. The second-order valence-electron chi connectivity index (χ2n) is 6.89. The van der Waals surface area contributed by atoms with Crippen LogP contribution in [-0.4, -0.2) is 63.1 Å². The lowest BCUT2D eigenvalue weighted by Gasteiger charge is -2.40. The maximum absolute atomic E-state index is 12.5. The number of rotatable bonds is 3. The summed E-state index contributed by atoms with van der Waals surface area (Å²) in [5, 5.41) is 6.49. The zero-order valence-electron chi connectivity index (χ0n) is 12.4. The van der Waals surface area contributed by atoms with Crippen LogP contribution in [0.1, 0.15) is 42.7 Å². The van der Waals surface area contributed by atoms with E-state index in [9.17, 15) is 4.79 Å². The van der Waals surface area contributed by atoms with Crippen molar-refractivity contribution in [2.75, 3.05) is 26.2 Å². The van der Waals surface area contributed by atoms with Gasteiger partial charge in [-0.3, -0.25) is 14.8 Å². The smallest absolute Gasteiger partial charge is 0.291 e. The van der Waals surface area contributed by atoms with Gasteiger partial charge in [0.2, 0.25) is 5.82 Å². The molecule has 4 fully saturated rings. The Kier molecular flexibility index (Phi) is 3.41. The molecule has 1 aromatic rings. The van der Waals surface area contributed by atoms with Crippen LogP contribution in [0.3, 0.4) is 0 Å². The second-order valence-corrected chi connectivity index (χ2v) is 6.89. The maximum Gasteiger partial charge on any atom is 0.291 e. The molecule has 1 aliphatic carbocycles. The molecule has 4 aliphatic rings. The van der Waals surface area contributed by atoms with Crippen LogP contribution >= 0.6 is 0 Å². The fraction of sp³-hybridized carbons (Fsp3) is 0.800. The Morgan fingerprint density at radius 1 is 1.24 bits per heavy atom. The summed E-state index contributed by atoms with van der Waals surface area (Å²) >= 11 is 0. The molecule has 21 heavy (non-hydrogen) atoms. The molecule has 1 N–H and O–H groups in total. The van der Waals surface area contributed by atoms with Crippen molar-refractivity contribution in [3.8, 4) is 0 Å². The van der Waals surface area contributed by atoms with E-state index < -0.39 is 0 Å². The van der Waals surface area contributed by atoms with Crippen molar-refractivity contribution < 1.29 is 4.79 Å². The van der Waals surface area contributed by atoms with Gasteiger partial charge in [0.15, 0.2) is 0 Å². The van der Waals surface area contributed by atoms with E-state index in [4.69, 9.17) is 0 Å². The number of H-pyrrole nitrogens is 1. The monoisotopic (exact) mass is 289 g/mol. The van der Waals surface area contributed by atoms with Gasteiger partial charge in [0.05, 0.1) is 0 Å². The Morgan fingerprint density at radius 2 is 2.14 bits per heavy atom. The highest BCUT2D eigenvalue weighted by Crippen LogP contribution is 2.33. The molecule has 2 bridgehead atoms. The van der Waals surface area contributed by atoms with Crippen LogP contribution in [0.25, 0.3) is 0 Å². The molecule has 1 aromatic heterocycles. The number of carbonyl (C=O) groups is 1. The summed E-state index contributed by atoms with van der Waals surface area (Å²) in [4.78, 5) is 21.2. The lowest BCUT2D eigenvalue weighted by Crippen LogP contribution is -2.47. The first-order valence-corrected chi connectivity index (χ1v) is 8.18. The van der Waals surface area contributed by atoms with Gasteiger partial charge in [-0.15, -0.1) is 0 Å². The summed E-state index contributed by atoms with van der Waals surface area (Å²) in [6, 6.07) is 0.538. The number of amides is 1. The van der Waals surface area contributed by atoms with Crippen LogP contribution < -0.4 is 0 Å². The van der Waals surface area contributed by atoms with Gasteiger partial charge < -0.3 is 4.90 Å². The molecule has 0 unspecified atom stereocenters. The first kappa shape index (κ1) is 13.2. The van der Waals surface area contributed by atoms with Crippen LogP contribution in [0.2, 0.25) is 0 Å². The minimum atomic E-state index is 0.00916. The minimum Gasteiger partial charge on any atom is -0.334 e. The Labute approximate surface area is 124 Å². The number of hydrogen-bond acceptors (Lipinski definition) is 4. The van der Waals surface area contributed by atoms with Gasteiger partial charge in [-0.05, 0) is 37.5 Å². The van der Waals surface area contributed by atoms with Gasteiger partial charge in [-0.1, -0.05) is 6.42 Å². The van der Waals surface area contributed by atoms with Gasteiger partial charge in [0, 0.05) is 32.2 Å². The summed E-state index contributed by atoms with van der Waals surface area (Å²) in [5.74, 6) is 1.91. The summed E-state index contributed by atoms with van der Waals surface area (Å²) in [6.07, 6.45) is 8.10. The average Bonchev–Trinajstić information content (AvgIpc) is 2.83. The van der Waals surface area contributed by atoms with Gasteiger partial charge in [0.25, 0.3) is 5.91 Å². The zero-order chi connectivity index (χ0) is 14.2. The third-order valence-electron chi connectivity index (χ3n) is 5.45. The molecule has 6 heteroatoms. The van der Waals surface area contributed by atoms with Gasteiger partial charge in [-0.2, -0.15) is 5.10 Å². The molecule has 5 rings (SSSR count). The van der Waals surface area contributed by atoms with E-state index in [1.807, 2.05) is 4.90 Å². The van der Waals surface area contributed by atoms with Crippen molar-refractivity contribution in [2.24, 2.45) is 11.8 Å². The first-order chi connectivity index (χ1) is 10.3. The number of nitrogens with zero attached hydrogens (tertiary/aromatic N) is 4. The van der Waals surface area contributed by atoms with E-state index in [1.54, 1.807) is 0 Å². The van der Waals surface area contributed by atoms with Crippen molar-refractivity contribution in [1.29, 1.82) is 0 Å². The van der Waals surface area contributed by atoms with Gasteiger partial charge in [-0.25, -0.2) is 4.98 Å². The largest absolute Gasteiger partial charge is 0.334 e. The number of nitrogens with one attached hydrogen (secondary N) is 1. The Balaban J connectivity index is 1.46. The van der Waals surface area contributed by atoms with Crippen molar-refractivity contribution in [2.45, 2.75) is 38.1 Å². The normalized spacial score (nSPS) is 30.2. The average molecular weight is 289 g/mol. The fourth-order valence-corrected chi connectivity index (χ4v) is 4.03. The molecule has 0 spiro atoms. The highest BCUT2D eigenvalue weighted by atomic mass is 16.2. The highest BCUT2D eigenvalue weighted by Gasteiger charge is 2.38. The lowest BCUT2D eigenvalue weighted by molar-refractivity contribution is 0.0706. The zero-order valence-corrected chi connectivity index (χ0v) is 12.4. The maximum atomic E-state index is 12.5.